The minimum atomic E-state index is -2.67. The second-order valence-electron chi connectivity index (χ2n) is 25.6. The molecule has 0 N–H and O–H groups in total. The molecule has 0 atom stereocenters. The van der Waals surface area contributed by atoms with Crippen LogP contribution in [0.15, 0.2) is 48.5 Å². The van der Waals surface area contributed by atoms with Crippen molar-refractivity contribution in [2.24, 2.45) is 0 Å². The zero-order valence-electron chi connectivity index (χ0n) is 45.3. The van der Waals surface area contributed by atoms with Crippen molar-refractivity contribution in [2.75, 3.05) is 78.7 Å². The van der Waals surface area contributed by atoms with Crippen LogP contribution < -0.4 is 18.9 Å². The predicted molar refractivity (Wildman–Crippen MR) is 292 cm³/mol. The predicted octanol–water partition coefficient (Wildman–Crippen LogP) is 15.4. The SMILES string of the molecule is CC(C)(C)c1cc2c(OCP(C)(C)=O)c(c1)Cc1cc(C(C)(C)C)cc(c1OCP(C)(C)=O)Cc1cc(C(C)(C)C)cc(c1OCP(C)(C)=O)Cc1cc(C(C)(C)C)cc(c1OCP(C)(C)=O)C2. The van der Waals surface area contributed by atoms with Crippen molar-refractivity contribution in [3.05, 3.63) is 115 Å². The largest absolute Gasteiger partial charge is 0.485 e. The molecule has 0 radical (unpaired) electrons. The maximum atomic E-state index is 13.6. The van der Waals surface area contributed by atoms with E-state index in [1.165, 1.54) is 0 Å². The van der Waals surface area contributed by atoms with Crippen LogP contribution in [0, 0.1) is 0 Å². The molecule has 1 aliphatic rings. The fourth-order valence-electron chi connectivity index (χ4n) is 8.24. The van der Waals surface area contributed by atoms with Crippen molar-refractivity contribution < 1.29 is 37.2 Å². The van der Waals surface area contributed by atoms with Gasteiger partial charge in [0.2, 0.25) is 0 Å². The van der Waals surface area contributed by atoms with E-state index in [2.05, 4.69) is 132 Å². The number of hydrogen-bond donors (Lipinski definition) is 0. The summed E-state index contributed by atoms with van der Waals surface area (Å²) in [5, 5.41) is 0. The molecule has 0 amide bonds. The third-order valence-electron chi connectivity index (χ3n) is 12.0. The van der Waals surface area contributed by atoms with Gasteiger partial charge in [0.1, 0.15) is 77.0 Å². The Labute approximate surface area is 411 Å². The summed E-state index contributed by atoms with van der Waals surface area (Å²) in [6.45, 7) is 40.6. The van der Waals surface area contributed by atoms with Gasteiger partial charge in [-0.3, -0.25) is 0 Å². The molecule has 68 heavy (non-hydrogen) atoms. The second kappa shape index (κ2) is 19.9. The fraction of sp³-hybridized carbons (Fsp3) is 0.571. The van der Waals surface area contributed by atoms with Crippen LogP contribution in [-0.2, 0) is 65.6 Å². The topological polar surface area (TPSA) is 105 Å². The highest BCUT2D eigenvalue weighted by Gasteiger charge is 2.31. The molecule has 5 rings (SSSR count). The van der Waals surface area contributed by atoms with Crippen LogP contribution in [0.3, 0.4) is 0 Å². The van der Waals surface area contributed by atoms with Gasteiger partial charge in [0.25, 0.3) is 0 Å². The molecule has 4 aromatic rings. The molecule has 376 valence electrons. The lowest BCUT2D eigenvalue weighted by molar-refractivity contribution is 0.361. The lowest BCUT2D eigenvalue weighted by atomic mass is 9.79. The molecule has 4 aromatic carbocycles. The minimum Gasteiger partial charge on any atom is -0.485 e. The second-order valence-corrected chi connectivity index (χ2v) is 39.2. The van der Waals surface area contributed by atoms with Crippen LogP contribution in [0.2, 0.25) is 0 Å². The standard InChI is InChI=1S/C56H84O8P4/c1-53(2,3)45-25-37-21-39-27-46(54(4,5)6)29-41(50(39)62-34-66(15,16)58)23-43-31-48(56(10,11)12)32-44(52(43)64-36-68(19,20)60)24-42-30-47(55(7,8)9)28-40(51(42)63-35-67(17,18)59)22-38(26-45)49(37)61-33-65(13,14)57/h25-32H,21-24,33-36H2,1-20H3. The molecule has 0 heterocycles. The Hall–Kier alpha value is -3.00. The molecule has 0 spiro atoms. The van der Waals surface area contributed by atoms with Gasteiger partial charge in [-0.2, -0.15) is 0 Å². The van der Waals surface area contributed by atoms with Gasteiger partial charge in [0, 0.05) is 25.7 Å². The highest BCUT2D eigenvalue weighted by Crippen LogP contribution is 2.48. The molecular formula is C56H84O8P4. The van der Waals surface area contributed by atoms with Crippen molar-refractivity contribution in [3.63, 3.8) is 0 Å². The highest BCUT2D eigenvalue weighted by molar-refractivity contribution is 7.63. The average molecular weight is 1010 g/mol. The van der Waals surface area contributed by atoms with Crippen LogP contribution in [0.5, 0.6) is 23.0 Å². The Bertz CT molecular complexity index is 2250. The van der Waals surface area contributed by atoms with Gasteiger partial charge in [-0.15, -0.1) is 0 Å². The summed E-state index contributed by atoms with van der Waals surface area (Å²) >= 11 is 0. The van der Waals surface area contributed by atoms with E-state index in [0.717, 1.165) is 66.8 Å². The molecule has 12 heteroatoms. The van der Waals surface area contributed by atoms with Crippen LogP contribution in [0.4, 0.5) is 0 Å². The molecular weight excluding hydrogens is 925 g/mol. The minimum absolute atomic E-state index is 0.0504. The van der Waals surface area contributed by atoms with Crippen molar-refractivity contribution >= 4 is 28.6 Å². The van der Waals surface area contributed by atoms with Gasteiger partial charge in [0.15, 0.2) is 0 Å². The van der Waals surface area contributed by atoms with E-state index in [9.17, 15) is 18.3 Å². The van der Waals surface area contributed by atoms with Crippen molar-refractivity contribution in [3.8, 4) is 23.0 Å². The zero-order chi connectivity index (χ0) is 51.4. The molecule has 8 bridgehead atoms. The lowest BCUT2D eigenvalue weighted by Gasteiger charge is -2.29. The quantitative estimate of drug-likeness (QED) is 0.114. The average Bonchev–Trinajstić information content (AvgIpc) is 3.12. The van der Waals surface area contributed by atoms with Crippen molar-refractivity contribution in [2.45, 2.75) is 130 Å². The first-order valence-electron chi connectivity index (χ1n) is 24.0. The van der Waals surface area contributed by atoms with Crippen molar-refractivity contribution in [1.29, 1.82) is 0 Å². The summed E-state index contributed by atoms with van der Waals surface area (Å²) in [5.74, 6) is 2.68. The Morgan fingerprint density at radius 3 is 0.544 bits per heavy atom. The van der Waals surface area contributed by atoms with E-state index in [0.29, 0.717) is 48.7 Å². The molecule has 8 nitrogen and oxygen atoms in total. The molecule has 1 aliphatic carbocycles. The maximum absolute atomic E-state index is 13.6. The fourth-order valence-corrected chi connectivity index (χ4v) is 10.0. The number of benzene rings is 4. The van der Waals surface area contributed by atoms with Gasteiger partial charge in [-0.1, -0.05) is 132 Å². The summed E-state index contributed by atoms with van der Waals surface area (Å²) < 4.78 is 81.8. The first-order chi connectivity index (χ1) is 30.7. The van der Waals surface area contributed by atoms with E-state index in [4.69, 9.17) is 18.9 Å². The number of ether oxygens (including phenoxy) is 4. The summed E-state index contributed by atoms with van der Waals surface area (Å²) in [6, 6.07) is 17.8. The van der Waals surface area contributed by atoms with Crippen molar-refractivity contribution in [1.82, 2.24) is 0 Å². The normalized spacial score (nSPS) is 14.4. The Balaban J connectivity index is 2.08. The van der Waals surface area contributed by atoms with Gasteiger partial charge >= 0.3 is 0 Å². The number of hydrogen-bond acceptors (Lipinski definition) is 8. The maximum Gasteiger partial charge on any atom is 0.140 e. The van der Waals surface area contributed by atoms with E-state index >= 15 is 0 Å². The Morgan fingerprint density at radius 1 is 0.309 bits per heavy atom. The first kappa shape index (κ1) is 55.9. The van der Waals surface area contributed by atoms with Crippen LogP contribution in [-0.4, -0.2) is 78.7 Å². The van der Waals surface area contributed by atoms with Crippen LogP contribution in [0.1, 0.15) is 150 Å². The monoisotopic (exact) mass is 1010 g/mol. The van der Waals surface area contributed by atoms with Gasteiger partial charge in [-0.05, 0) is 142 Å². The van der Waals surface area contributed by atoms with Crippen LogP contribution in [0.25, 0.3) is 0 Å². The number of fused-ring (bicyclic) bond motifs is 8. The first-order valence-corrected chi connectivity index (χ1v) is 35.1. The van der Waals surface area contributed by atoms with E-state index in [-0.39, 0.29) is 47.1 Å². The lowest BCUT2D eigenvalue weighted by Crippen LogP contribution is -2.18. The van der Waals surface area contributed by atoms with Crippen LogP contribution >= 0.6 is 28.6 Å². The molecule has 0 fully saturated rings. The smallest absolute Gasteiger partial charge is 0.140 e. The molecule has 0 aliphatic heterocycles. The molecule has 0 saturated heterocycles. The van der Waals surface area contributed by atoms with Gasteiger partial charge < -0.3 is 37.2 Å². The highest BCUT2D eigenvalue weighted by atomic mass is 31.2. The Morgan fingerprint density at radius 2 is 0.441 bits per heavy atom. The van der Waals surface area contributed by atoms with Gasteiger partial charge in [0.05, 0.1) is 0 Å². The van der Waals surface area contributed by atoms with Gasteiger partial charge in [-0.25, -0.2) is 0 Å². The van der Waals surface area contributed by atoms with E-state index in [1.54, 1.807) is 53.3 Å². The third-order valence-corrected chi connectivity index (χ3v) is 15.0. The molecule has 0 saturated carbocycles. The number of rotatable bonds is 12. The molecule has 0 unspecified atom stereocenters. The van der Waals surface area contributed by atoms with E-state index < -0.39 is 28.6 Å². The summed E-state index contributed by atoms with van der Waals surface area (Å²) in [6.07, 6.45) is 1.83. The third kappa shape index (κ3) is 15.5. The zero-order valence-corrected chi connectivity index (χ0v) is 48.9. The summed E-state index contributed by atoms with van der Waals surface area (Å²) in [5.41, 5.74) is 10.8. The summed E-state index contributed by atoms with van der Waals surface area (Å²) in [7, 11) is -10.7. The summed E-state index contributed by atoms with van der Waals surface area (Å²) in [4.78, 5) is 0. The van der Waals surface area contributed by atoms with E-state index in [1.807, 2.05) is 0 Å². The Kier molecular flexibility index (Phi) is 16.4. The molecule has 0 aromatic heterocycles.